The van der Waals surface area contributed by atoms with E-state index in [-0.39, 0.29) is 12.5 Å². The third-order valence-corrected chi connectivity index (χ3v) is 18.3. The number of aliphatic hydroxyl groups excluding tert-OH is 5. The number of amides is 1. The van der Waals surface area contributed by atoms with Gasteiger partial charge < -0.3 is 40.3 Å². The Morgan fingerprint density at radius 3 is 1.05 bits per heavy atom. The molecule has 0 aromatic heterocycles. The molecule has 1 fully saturated rings. The molecule has 1 aliphatic heterocycles. The number of carbonyl (C=O) groups is 1. The highest BCUT2D eigenvalue weighted by Gasteiger charge is 2.44. The molecule has 0 aromatic rings. The van der Waals surface area contributed by atoms with Crippen molar-refractivity contribution >= 4 is 5.91 Å². The van der Waals surface area contributed by atoms with Crippen LogP contribution in [-0.2, 0) is 14.3 Å². The normalized spacial score (nSPS) is 18.2. The van der Waals surface area contributed by atoms with E-state index in [1.807, 2.05) is 6.08 Å². The molecule has 0 aliphatic carbocycles. The van der Waals surface area contributed by atoms with E-state index >= 15 is 0 Å². The van der Waals surface area contributed by atoms with Crippen molar-refractivity contribution in [2.24, 2.45) is 0 Å². The lowest BCUT2D eigenvalue weighted by atomic mass is 9.99. The van der Waals surface area contributed by atoms with Gasteiger partial charge in [0, 0.05) is 6.42 Å². The van der Waals surface area contributed by atoms with Crippen molar-refractivity contribution in [2.45, 2.75) is 423 Å². The van der Waals surface area contributed by atoms with Gasteiger partial charge in [-0.1, -0.05) is 376 Å². The molecule has 6 N–H and O–H groups in total. The van der Waals surface area contributed by atoms with Crippen LogP contribution in [0.15, 0.2) is 60.8 Å². The fourth-order valence-corrected chi connectivity index (χ4v) is 12.4. The van der Waals surface area contributed by atoms with E-state index in [4.69, 9.17) is 9.47 Å². The Balaban J connectivity index is 2.04. The molecule has 0 radical (unpaired) electrons. The van der Waals surface area contributed by atoms with E-state index in [0.29, 0.717) is 6.42 Å². The van der Waals surface area contributed by atoms with Crippen LogP contribution in [0.4, 0.5) is 0 Å². The number of unbranched alkanes of at least 4 members (excludes halogenated alkanes) is 50. The Kier molecular flexibility index (Phi) is 64.6. The first-order valence-corrected chi connectivity index (χ1v) is 38.5. The maximum atomic E-state index is 13.2. The van der Waals surface area contributed by atoms with E-state index in [1.54, 1.807) is 6.08 Å². The number of rotatable bonds is 68. The van der Waals surface area contributed by atoms with Crippen LogP contribution in [0, 0.1) is 0 Å². The maximum absolute atomic E-state index is 13.2. The van der Waals surface area contributed by atoms with E-state index in [2.05, 4.69) is 67.8 Å². The second kappa shape index (κ2) is 67.8. The van der Waals surface area contributed by atoms with E-state index in [9.17, 15) is 30.3 Å². The molecule has 1 saturated heterocycles. The average Bonchev–Trinajstić information content (AvgIpc) is 3.31. The number of aliphatic hydroxyl groups is 5. The van der Waals surface area contributed by atoms with Crippen LogP contribution < -0.4 is 5.32 Å². The van der Waals surface area contributed by atoms with Crippen LogP contribution in [0.1, 0.15) is 380 Å². The highest BCUT2D eigenvalue weighted by Crippen LogP contribution is 2.24. The fraction of sp³-hybridized carbons (Fsp3) is 0.861. The van der Waals surface area contributed by atoms with Crippen LogP contribution >= 0.6 is 0 Å². The molecule has 9 heteroatoms. The van der Waals surface area contributed by atoms with E-state index in [0.717, 1.165) is 64.2 Å². The van der Waals surface area contributed by atoms with Crippen molar-refractivity contribution in [2.75, 3.05) is 13.2 Å². The van der Waals surface area contributed by atoms with Crippen LogP contribution in [0.25, 0.3) is 0 Å². The predicted octanol–water partition coefficient (Wildman–Crippen LogP) is 21.7. The molecular formula is C79H147NO8. The highest BCUT2D eigenvalue weighted by molar-refractivity contribution is 5.76. The van der Waals surface area contributed by atoms with Crippen molar-refractivity contribution in [3.63, 3.8) is 0 Å². The van der Waals surface area contributed by atoms with Crippen molar-refractivity contribution in [3.05, 3.63) is 60.8 Å². The lowest BCUT2D eigenvalue weighted by Gasteiger charge is -2.40. The second-order valence-corrected chi connectivity index (χ2v) is 26.8. The zero-order valence-electron chi connectivity index (χ0n) is 58.0. The largest absolute Gasteiger partial charge is 0.394 e. The molecule has 0 saturated carbocycles. The molecule has 1 heterocycles. The zero-order valence-corrected chi connectivity index (χ0v) is 58.0. The van der Waals surface area contributed by atoms with Crippen LogP contribution in [0.5, 0.6) is 0 Å². The Labute approximate surface area is 545 Å². The number of nitrogens with one attached hydrogen (secondary N) is 1. The summed E-state index contributed by atoms with van der Waals surface area (Å²) in [6, 6.07) is -0.805. The minimum Gasteiger partial charge on any atom is -0.394 e. The summed E-state index contributed by atoms with van der Waals surface area (Å²) in [5.41, 5.74) is 0. The monoisotopic (exact) mass is 1240 g/mol. The van der Waals surface area contributed by atoms with Gasteiger partial charge >= 0.3 is 0 Å². The van der Waals surface area contributed by atoms with Crippen LogP contribution in [-0.4, -0.2) is 87.5 Å². The van der Waals surface area contributed by atoms with Gasteiger partial charge in [-0.15, -0.1) is 0 Å². The molecule has 88 heavy (non-hydrogen) atoms. The van der Waals surface area contributed by atoms with Crippen LogP contribution in [0.3, 0.4) is 0 Å². The highest BCUT2D eigenvalue weighted by atomic mass is 16.7. The minimum atomic E-state index is -1.57. The third-order valence-electron chi connectivity index (χ3n) is 18.3. The van der Waals surface area contributed by atoms with Crippen molar-refractivity contribution in [1.82, 2.24) is 5.32 Å². The molecule has 0 bridgehead atoms. The summed E-state index contributed by atoms with van der Waals surface area (Å²) in [7, 11) is 0. The summed E-state index contributed by atoms with van der Waals surface area (Å²) < 4.78 is 11.3. The van der Waals surface area contributed by atoms with Gasteiger partial charge in [-0.25, -0.2) is 0 Å². The zero-order chi connectivity index (χ0) is 63.5. The quantitative estimate of drug-likeness (QED) is 0.0261. The Bertz CT molecular complexity index is 1580. The van der Waals surface area contributed by atoms with Gasteiger partial charge in [0.05, 0.1) is 25.4 Å². The van der Waals surface area contributed by atoms with Gasteiger partial charge in [0.1, 0.15) is 24.4 Å². The first-order chi connectivity index (χ1) is 43.3. The number of allylic oxidation sites excluding steroid dienone is 9. The summed E-state index contributed by atoms with van der Waals surface area (Å²) in [5.74, 6) is -0.169. The molecule has 1 amide bonds. The SMILES string of the molecule is CC/C=C\C/C=C\C/C=C\C/C=C\CCCCCCCCCCCCCCCCCCCCCCCCCCCCCCC(=O)NC(COC1OC(CO)C(O)C(O)C1O)C(O)/C=C/CCCCCCCCCCCCCCCCCCCCCCCC. The van der Waals surface area contributed by atoms with Crippen LogP contribution in [0.2, 0.25) is 0 Å². The topological polar surface area (TPSA) is 149 Å². The number of ether oxygens (including phenoxy) is 2. The predicted molar refractivity (Wildman–Crippen MR) is 378 cm³/mol. The smallest absolute Gasteiger partial charge is 0.220 e. The first kappa shape index (κ1) is 83.9. The summed E-state index contributed by atoms with van der Waals surface area (Å²) in [6.45, 7) is 3.72. The molecule has 516 valence electrons. The molecule has 0 aromatic carbocycles. The van der Waals surface area contributed by atoms with Crippen molar-refractivity contribution in [3.8, 4) is 0 Å². The van der Waals surface area contributed by atoms with Crippen molar-refractivity contribution in [1.29, 1.82) is 0 Å². The van der Waals surface area contributed by atoms with Gasteiger partial charge in [0.2, 0.25) is 5.91 Å². The van der Waals surface area contributed by atoms with Gasteiger partial charge in [0.25, 0.3) is 0 Å². The first-order valence-electron chi connectivity index (χ1n) is 38.5. The molecule has 9 nitrogen and oxygen atoms in total. The molecule has 1 aliphatic rings. The van der Waals surface area contributed by atoms with Gasteiger partial charge in [-0.3, -0.25) is 4.79 Å². The Morgan fingerprint density at radius 2 is 0.705 bits per heavy atom. The summed E-state index contributed by atoms with van der Waals surface area (Å²) in [5, 5.41) is 54.8. The lowest BCUT2D eigenvalue weighted by Crippen LogP contribution is -2.60. The number of carbonyl (C=O) groups excluding carboxylic acids is 1. The molecule has 0 spiro atoms. The van der Waals surface area contributed by atoms with Gasteiger partial charge in [-0.05, 0) is 57.8 Å². The number of hydrogen-bond donors (Lipinski definition) is 6. The fourth-order valence-electron chi connectivity index (χ4n) is 12.4. The van der Waals surface area contributed by atoms with E-state index in [1.165, 1.54) is 295 Å². The van der Waals surface area contributed by atoms with Gasteiger partial charge in [0.15, 0.2) is 6.29 Å². The molecular weight excluding hydrogens is 1090 g/mol. The molecule has 7 atom stereocenters. The average molecular weight is 1240 g/mol. The number of hydrogen-bond acceptors (Lipinski definition) is 8. The standard InChI is InChI=1S/C79H147NO8/c1-3-5-7-9-11-13-15-17-19-21-23-25-27-29-30-31-32-33-34-35-36-37-38-39-40-41-42-43-44-45-47-49-51-53-55-57-59-61-63-65-67-69-75(83)80-72(71-87-79-78(86)77(85)76(84)74(70-81)88-79)73(82)68-66-64-62-60-58-56-54-52-50-48-46-28-26-24-22-20-18-16-14-12-10-8-6-4-2/h5,7,11,13,17,19,23,25,66,68,72-74,76-79,81-82,84-86H,3-4,6,8-10,12,14-16,18,20-22,24,26-65,67,69-71H2,1-2H3,(H,80,83)/b7-5-,13-11-,19-17-,25-23-,68-66+. The maximum Gasteiger partial charge on any atom is 0.220 e. The molecule has 1 rings (SSSR count). The Hall–Kier alpha value is -2.11. The van der Waals surface area contributed by atoms with E-state index < -0.39 is 49.5 Å². The van der Waals surface area contributed by atoms with Crippen molar-refractivity contribution < 1.29 is 39.8 Å². The summed E-state index contributed by atoms with van der Waals surface area (Å²) in [6.07, 6.45) is 87.9. The minimum absolute atomic E-state index is 0.169. The Morgan fingerprint density at radius 1 is 0.398 bits per heavy atom. The summed E-state index contributed by atoms with van der Waals surface area (Å²) in [4.78, 5) is 13.2. The molecule has 7 unspecified atom stereocenters. The lowest BCUT2D eigenvalue weighted by molar-refractivity contribution is -0.302. The summed E-state index contributed by atoms with van der Waals surface area (Å²) >= 11 is 0. The second-order valence-electron chi connectivity index (χ2n) is 26.8. The third kappa shape index (κ3) is 55.5. The van der Waals surface area contributed by atoms with Gasteiger partial charge in [-0.2, -0.15) is 0 Å².